The van der Waals surface area contributed by atoms with Gasteiger partial charge in [-0.2, -0.15) is 0 Å². The average Bonchev–Trinajstić information content (AvgIpc) is 2.55. The van der Waals surface area contributed by atoms with Gasteiger partial charge in [0.25, 0.3) is 11.8 Å². The summed E-state index contributed by atoms with van der Waals surface area (Å²) >= 11 is 0. The molecule has 0 fully saturated rings. The van der Waals surface area contributed by atoms with Crippen LogP contribution in [0.4, 0.5) is 0 Å². The molecule has 2 rings (SSSR count). The number of hydrogen-bond donors (Lipinski definition) is 2. The van der Waals surface area contributed by atoms with Gasteiger partial charge in [-0.05, 0) is 30.7 Å². The van der Waals surface area contributed by atoms with Gasteiger partial charge in [-0.15, -0.1) is 0 Å². The van der Waals surface area contributed by atoms with Gasteiger partial charge in [0.05, 0.1) is 11.1 Å². The lowest BCUT2D eigenvalue weighted by Gasteiger charge is -2.18. The molecule has 2 heterocycles. The molecule has 0 aliphatic heterocycles. The summed E-state index contributed by atoms with van der Waals surface area (Å²) in [5.74, 6) is -0.553. The van der Waals surface area contributed by atoms with E-state index in [0.717, 1.165) is 0 Å². The molecule has 6 heteroatoms. The zero-order chi connectivity index (χ0) is 15.1. The average molecular weight is 284 g/mol. The standard InChI is InChI=1S/C15H16N4O2/c1-2-13(18-14(20)11-5-3-7-16-9-11)19-15(21)12-6-4-8-17-10-12/h3-10,13H,2H2,1H3,(H,18,20)(H,19,21). The summed E-state index contributed by atoms with van der Waals surface area (Å²) in [4.78, 5) is 31.8. The second-order valence-electron chi connectivity index (χ2n) is 4.39. The fourth-order valence-corrected chi connectivity index (χ4v) is 1.72. The topological polar surface area (TPSA) is 84.0 Å². The van der Waals surface area contributed by atoms with E-state index in [2.05, 4.69) is 20.6 Å². The predicted molar refractivity (Wildman–Crippen MR) is 77.5 cm³/mol. The summed E-state index contributed by atoms with van der Waals surface area (Å²) < 4.78 is 0. The van der Waals surface area contributed by atoms with Crippen LogP contribution in [0, 0.1) is 0 Å². The molecular formula is C15H16N4O2. The number of aromatic nitrogens is 2. The Hall–Kier alpha value is -2.76. The zero-order valence-corrected chi connectivity index (χ0v) is 11.6. The lowest BCUT2D eigenvalue weighted by atomic mass is 10.2. The molecule has 21 heavy (non-hydrogen) atoms. The lowest BCUT2D eigenvalue weighted by molar-refractivity contribution is 0.0881. The van der Waals surface area contributed by atoms with Crippen molar-refractivity contribution in [2.24, 2.45) is 0 Å². The van der Waals surface area contributed by atoms with Crippen LogP contribution in [0.3, 0.4) is 0 Å². The highest BCUT2D eigenvalue weighted by Gasteiger charge is 2.15. The minimum atomic E-state index is -0.453. The third-order valence-corrected chi connectivity index (χ3v) is 2.87. The summed E-state index contributed by atoms with van der Waals surface area (Å²) in [5, 5.41) is 5.50. The molecule has 0 radical (unpaired) electrons. The van der Waals surface area contributed by atoms with Crippen molar-refractivity contribution in [3.8, 4) is 0 Å². The third-order valence-electron chi connectivity index (χ3n) is 2.87. The molecule has 0 aromatic carbocycles. The SMILES string of the molecule is CCC(NC(=O)c1cccnc1)NC(=O)c1cccnc1. The van der Waals surface area contributed by atoms with Crippen molar-refractivity contribution in [1.82, 2.24) is 20.6 Å². The highest BCUT2D eigenvalue weighted by Crippen LogP contribution is 2.00. The van der Waals surface area contributed by atoms with Crippen molar-refractivity contribution < 1.29 is 9.59 Å². The number of carbonyl (C=O) groups is 2. The van der Waals surface area contributed by atoms with Crippen LogP contribution in [-0.2, 0) is 0 Å². The maximum atomic E-state index is 12.0. The van der Waals surface area contributed by atoms with Gasteiger partial charge in [0, 0.05) is 24.8 Å². The summed E-state index contributed by atoms with van der Waals surface area (Å²) in [6.45, 7) is 1.87. The van der Waals surface area contributed by atoms with Gasteiger partial charge in [0.2, 0.25) is 0 Å². The Labute approximate surface area is 122 Å². The van der Waals surface area contributed by atoms with E-state index in [0.29, 0.717) is 17.5 Å². The molecule has 0 aliphatic rings. The number of amides is 2. The Kier molecular flexibility index (Phi) is 4.98. The Morgan fingerprint density at radius 2 is 1.48 bits per heavy atom. The van der Waals surface area contributed by atoms with Gasteiger partial charge < -0.3 is 10.6 Å². The number of hydrogen-bond acceptors (Lipinski definition) is 4. The lowest BCUT2D eigenvalue weighted by Crippen LogP contribution is -2.47. The first-order valence-corrected chi connectivity index (χ1v) is 6.62. The third kappa shape index (κ3) is 4.10. The van der Waals surface area contributed by atoms with Gasteiger partial charge in [0.15, 0.2) is 0 Å². The highest BCUT2D eigenvalue weighted by atomic mass is 16.2. The molecule has 2 aromatic heterocycles. The van der Waals surface area contributed by atoms with Crippen LogP contribution in [-0.4, -0.2) is 27.9 Å². The first-order valence-electron chi connectivity index (χ1n) is 6.62. The molecule has 108 valence electrons. The fourth-order valence-electron chi connectivity index (χ4n) is 1.72. The maximum Gasteiger partial charge on any atom is 0.254 e. The first-order chi connectivity index (χ1) is 10.2. The van der Waals surface area contributed by atoms with Gasteiger partial charge in [-0.3, -0.25) is 19.6 Å². The van der Waals surface area contributed by atoms with E-state index in [-0.39, 0.29) is 11.8 Å². The summed E-state index contributed by atoms with van der Waals surface area (Å²) in [5.41, 5.74) is 0.901. The molecular weight excluding hydrogens is 268 g/mol. The van der Waals surface area contributed by atoms with Gasteiger partial charge in [-0.1, -0.05) is 6.92 Å². The van der Waals surface area contributed by atoms with E-state index in [9.17, 15) is 9.59 Å². The maximum absolute atomic E-state index is 12.0. The van der Waals surface area contributed by atoms with Gasteiger partial charge in [-0.25, -0.2) is 0 Å². The van der Waals surface area contributed by atoms with Gasteiger partial charge >= 0.3 is 0 Å². The Morgan fingerprint density at radius 1 is 1.00 bits per heavy atom. The second-order valence-corrected chi connectivity index (χ2v) is 4.39. The van der Waals surface area contributed by atoms with E-state index < -0.39 is 6.17 Å². The minimum Gasteiger partial charge on any atom is -0.332 e. The second kappa shape index (κ2) is 7.14. The number of pyridine rings is 2. The summed E-state index contributed by atoms with van der Waals surface area (Å²) in [6, 6.07) is 6.70. The quantitative estimate of drug-likeness (QED) is 0.812. The molecule has 2 amide bonds. The molecule has 0 atom stereocenters. The van der Waals surface area contributed by atoms with Crippen LogP contribution in [0.15, 0.2) is 49.1 Å². The van der Waals surface area contributed by atoms with Crippen LogP contribution >= 0.6 is 0 Å². The summed E-state index contributed by atoms with van der Waals surface area (Å²) in [6.07, 6.45) is 6.26. The minimum absolute atomic E-state index is 0.276. The Balaban J connectivity index is 1.98. The van der Waals surface area contributed by atoms with Crippen LogP contribution in [0.1, 0.15) is 34.1 Å². The van der Waals surface area contributed by atoms with E-state index in [1.54, 1.807) is 36.7 Å². The molecule has 0 spiro atoms. The van der Waals surface area contributed by atoms with Crippen molar-refractivity contribution >= 4 is 11.8 Å². The van der Waals surface area contributed by atoms with Crippen molar-refractivity contribution in [2.75, 3.05) is 0 Å². The first kappa shape index (κ1) is 14.6. The van der Waals surface area contributed by atoms with E-state index >= 15 is 0 Å². The monoisotopic (exact) mass is 284 g/mol. The fraction of sp³-hybridized carbons (Fsp3) is 0.200. The van der Waals surface area contributed by atoms with E-state index in [4.69, 9.17) is 0 Å². The number of nitrogens with one attached hydrogen (secondary N) is 2. The Bertz CT molecular complexity index is 548. The van der Waals surface area contributed by atoms with Crippen LogP contribution in [0.25, 0.3) is 0 Å². The molecule has 0 bridgehead atoms. The number of carbonyl (C=O) groups excluding carboxylic acids is 2. The van der Waals surface area contributed by atoms with Crippen molar-refractivity contribution in [2.45, 2.75) is 19.5 Å². The molecule has 0 saturated carbocycles. The number of rotatable bonds is 5. The molecule has 2 aromatic rings. The van der Waals surface area contributed by atoms with Crippen LogP contribution in [0.5, 0.6) is 0 Å². The molecule has 0 unspecified atom stereocenters. The molecule has 0 aliphatic carbocycles. The van der Waals surface area contributed by atoms with E-state index in [1.165, 1.54) is 12.4 Å². The van der Waals surface area contributed by atoms with E-state index in [1.807, 2.05) is 6.92 Å². The van der Waals surface area contributed by atoms with Gasteiger partial charge in [0.1, 0.15) is 6.17 Å². The van der Waals surface area contributed by atoms with Crippen LogP contribution in [0.2, 0.25) is 0 Å². The van der Waals surface area contributed by atoms with Crippen molar-refractivity contribution in [1.29, 1.82) is 0 Å². The van der Waals surface area contributed by atoms with Crippen molar-refractivity contribution in [3.63, 3.8) is 0 Å². The zero-order valence-electron chi connectivity index (χ0n) is 11.6. The van der Waals surface area contributed by atoms with Crippen LogP contribution < -0.4 is 10.6 Å². The predicted octanol–water partition coefficient (Wildman–Crippen LogP) is 1.37. The molecule has 6 nitrogen and oxygen atoms in total. The Morgan fingerprint density at radius 3 is 1.81 bits per heavy atom. The summed E-state index contributed by atoms with van der Waals surface area (Å²) in [7, 11) is 0. The largest absolute Gasteiger partial charge is 0.332 e. The highest BCUT2D eigenvalue weighted by molar-refractivity contribution is 5.96. The number of nitrogens with zero attached hydrogens (tertiary/aromatic N) is 2. The smallest absolute Gasteiger partial charge is 0.254 e. The normalized spacial score (nSPS) is 10.2. The molecule has 0 saturated heterocycles. The van der Waals surface area contributed by atoms with Crippen molar-refractivity contribution in [3.05, 3.63) is 60.2 Å². The molecule has 2 N–H and O–H groups in total.